The molecule has 3 rings (SSSR count). The number of fused-ring (bicyclic) bond motifs is 1. The standard InChI is InChI=1S/C15H13FN2O3S/c1-10-17-14-8-13(6-7-15(14)21-10)18-22(19,20)9-11-2-4-12(16)5-3-11/h2-8,18H,9H2,1H3. The van der Waals surface area contributed by atoms with E-state index in [4.69, 9.17) is 4.42 Å². The van der Waals surface area contributed by atoms with Gasteiger partial charge in [0.15, 0.2) is 11.5 Å². The third-order valence-electron chi connectivity index (χ3n) is 3.04. The molecule has 2 aromatic carbocycles. The number of anilines is 1. The van der Waals surface area contributed by atoms with Crippen LogP contribution in [0.25, 0.3) is 11.1 Å². The summed E-state index contributed by atoms with van der Waals surface area (Å²) in [6.07, 6.45) is 0. The number of aryl methyl sites for hydroxylation is 1. The molecular weight excluding hydrogens is 307 g/mol. The molecule has 22 heavy (non-hydrogen) atoms. The Morgan fingerprint density at radius 3 is 2.64 bits per heavy atom. The van der Waals surface area contributed by atoms with Gasteiger partial charge >= 0.3 is 0 Å². The normalized spacial score (nSPS) is 11.7. The molecule has 114 valence electrons. The van der Waals surface area contributed by atoms with Gasteiger partial charge in [0.1, 0.15) is 11.3 Å². The van der Waals surface area contributed by atoms with Crippen molar-refractivity contribution in [2.45, 2.75) is 12.7 Å². The fraction of sp³-hybridized carbons (Fsp3) is 0.133. The number of nitrogens with zero attached hydrogens (tertiary/aromatic N) is 1. The monoisotopic (exact) mass is 320 g/mol. The molecule has 3 aromatic rings. The van der Waals surface area contributed by atoms with Crippen molar-refractivity contribution in [3.05, 3.63) is 59.7 Å². The summed E-state index contributed by atoms with van der Waals surface area (Å²) in [5.74, 6) is -0.120. The Balaban J connectivity index is 1.81. The Hall–Kier alpha value is -2.41. The predicted octanol–water partition coefficient (Wildman–Crippen LogP) is 3.22. The van der Waals surface area contributed by atoms with E-state index in [0.29, 0.717) is 28.2 Å². The summed E-state index contributed by atoms with van der Waals surface area (Å²) in [5.41, 5.74) is 2.09. The number of benzene rings is 2. The number of aromatic nitrogens is 1. The first-order valence-electron chi connectivity index (χ1n) is 6.53. The summed E-state index contributed by atoms with van der Waals surface area (Å²) >= 11 is 0. The maximum Gasteiger partial charge on any atom is 0.236 e. The summed E-state index contributed by atoms with van der Waals surface area (Å²) in [7, 11) is -3.59. The van der Waals surface area contributed by atoms with Crippen LogP contribution in [-0.4, -0.2) is 13.4 Å². The van der Waals surface area contributed by atoms with Crippen molar-refractivity contribution in [2.24, 2.45) is 0 Å². The van der Waals surface area contributed by atoms with Crippen LogP contribution in [0.5, 0.6) is 0 Å². The zero-order chi connectivity index (χ0) is 15.7. The Morgan fingerprint density at radius 1 is 1.18 bits per heavy atom. The Kier molecular flexibility index (Phi) is 3.58. The zero-order valence-corrected chi connectivity index (χ0v) is 12.5. The summed E-state index contributed by atoms with van der Waals surface area (Å²) in [4.78, 5) is 4.15. The molecule has 0 unspecified atom stereocenters. The smallest absolute Gasteiger partial charge is 0.236 e. The van der Waals surface area contributed by atoms with E-state index in [1.54, 1.807) is 25.1 Å². The second-order valence-corrected chi connectivity index (χ2v) is 6.63. The number of sulfonamides is 1. The highest BCUT2D eigenvalue weighted by atomic mass is 32.2. The van der Waals surface area contributed by atoms with Crippen molar-refractivity contribution >= 4 is 26.8 Å². The topological polar surface area (TPSA) is 72.2 Å². The van der Waals surface area contributed by atoms with Crippen LogP contribution in [0.2, 0.25) is 0 Å². The van der Waals surface area contributed by atoms with Gasteiger partial charge in [0.2, 0.25) is 10.0 Å². The van der Waals surface area contributed by atoms with Gasteiger partial charge in [-0.15, -0.1) is 0 Å². The van der Waals surface area contributed by atoms with Crippen LogP contribution < -0.4 is 4.72 Å². The summed E-state index contributed by atoms with van der Waals surface area (Å²) in [6, 6.07) is 10.2. The second-order valence-electron chi connectivity index (χ2n) is 4.90. The van der Waals surface area contributed by atoms with E-state index in [-0.39, 0.29) is 5.75 Å². The highest BCUT2D eigenvalue weighted by Gasteiger charge is 2.13. The van der Waals surface area contributed by atoms with Crippen molar-refractivity contribution in [1.82, 2.24) is 4.98 Å². The van der Waals surface area contributed by atoms with E-state index in [0.717, 1.165) is 0 Å². The average Bonchev–Trinajstić information content (AvgIpc) is 2.80. The van der Waals surface area contributed by atoms with Gasteiger partial charge in [0.25, 0.3) is 0 Å². The number of hydrogen-bond acceptors (Lipinski definition) is 4. The van der Waals surface area contributed by atoms with Crippen LogP contribution in [-0.2, 0) is 15.8 Å². The van der Waals surface area contributed by atoms with Gasteiger partial charge < -0.3 is 4.42 Å². The van der Waals surface area contributed by atoms with Gasteiger partial charge in [-0.05, 0) is 35.9 Å². The lowest BCUT2D eigenvalue weighted by Crippen LogP contribution is -2.15. The van der Waals surface area contributed by atoms with E-state index >= 15 is 0 Å². The molecule has 1 N–H and O–H groups in total. The SMILES string of the molecule is Cc1nc2cc(NS(=O)(=O)Cc3ccc(F)cc3)ccc2o1. The molecule has 0 spiro atoms. The molecule has 0 bridgehead atoms. The molecule has 0 saturated carbocycles. The molecule has 5 nitrogen and oxygen atoms in total. The maximum absolute atomic E-state index is 12.8. The lowest BCUT2D eigenvalue weighted by molar-refractivity contribution is 0.561. The number of rotatable bonds is 4. The summed E-state index contributed by atoms with van der Waals surface area (Å²) < 4.78 is 44.9. The van der Waals surface area contributed by atoms with Gasteiger partial charge in [-0.3, -0.25) is 4.72 Å². The molecule has 0 atom stereocenters. The number of nitrogens with one attached hydrogen (secondary N) is 1. The lowest BCUT2D eigenvalue weighted by atomic mass is 10.2. The zero-order valence-electron chi connectivity index (χ0n) is 11.7. The quantitative estimate of drug-likeness (QED) is 0.801. The molecule has 0 fully saturated rings. The number of hydrogen-bond donors (Lipinski definition) is 1. The van der Waals surface area contributed by atoms with E-state index in [9.17, 15) is 12.8 Å². The predicted molar refractivity (Wildman–Crippen MR) is 81.4 cm³/mol. The van der Waals surface area contributed by atoms with Gasteiger partial charge in [0, 0.05) is 6.92 Å². The number of oxazole rings is 1. The molecule has 0 aliphatic carbocycles. The molecule has 0 radical (unpaired) electrons. The van der Waals surface area contributed by atoms with Crippen LogP contribution in [0.1, 0.15) is 11.5 Å². The summed E-state index contributed by atoms with van der Waals surface area (Å²) in [6.45, 7) is 1.72. The van der Waals surface area contributed by atoms with E-state index < -0.39 is 15.8 Å². The third kappa shape index (κ3) is 3.25. The van der Waals surface area contributed by atoms with Gasteiger partial charge in [-0.1, -0.05) is 12.1 Å². The Labute approximate surface area is 126 Å². The molecule has 0 aliphatic heterocycles. The van der Waals surface area contributed by atoms with Crippen LogP contribution in [0.3, 0.4) is 0 Å². The van der Waals surface area contributed by atoms with Crippen LogP contribution in [0, 0.1) is 12.7 Å². The minimum absolute atomic E-state index is 0.233. The van der Waals surface area contributed by atoms with Crippen molar-refractivity contribution in [3.63, 3.8) is 0 Å². The van der Waals surface area contributed by atoms with Gasteiger partial charge in [-0.2, -0.15) is 0 Å². The van der Waals surface area contributed by atoms with Gasteiger partial charge in [0.05, 0.1) is 11.4 Å². The fourth-order valence-electron chi connectivity index (χ4n) is 2.12. The molecule has 0 aliphatic rings. The van der Waals surface area contributed by atoms with Crippen molar-refractivity contribution < 1.29 is 17.2 Å². The first-order chi connectivity index (χ1) is 10.4. The van der Waals surface area contributed by atoms with Gasteiger partial charge in [-0.25, -0.2) is 17.8 Å². The first-order valence-corrected chi connectivity index (χ1v) is 8.19. The second kappa shape index (κ2) is 5.42. The highest BCUT2D eigenvalue weighted by molar-refractivity contribution is 7.91. The molecule has 0 saturated heterocycles. The largest absolute Gasteiger partial charge is 0.441 e. The van der Waals surface area contributed by atoms with Crippen LogP contribution in [0.15, 0.2) is 46.9 Å². The Bertz CT molecular complexity index is 918. The van der Waals surface area contributed by atoms with Crippen molar-refractivity contribution in [1.29, 1.82) is 0 Å². The minimum atomic E-state index is -3.59. The van der Waals surface area contributed by atoms with Crippen LogP contribution >= 0.6 is 0 Å². The van der Waals surface area contributed by atoms with Crippen LogP contribution in [0.4, 0.5) is 10.1 Å². The molecule has 1 heterocycles. The Morgan fingerprint density at radius 2 is 1.91 bits per heavy atom. The minimum Gasteiger partial charge on any atom is -0.441 e. The van der Waals surface area contributed by atoms with Crippen molar-refractivity contribution in [3.8, 4) is 0 Å². The maximum atomic E-state index is 12.8. The molecule has 1 aromatic heterocycles. The number of halogens is 1. The third-order valence-corrected chi connectivity index (χ3v) is 4.30. The first kappa shape index (κ1) is 14.5. The van der Waals surface area contributed by atoms with E-state index in [2.05, 4.69) is 9.71 Å². The average molecular weight is 320 g/mol. The van der Waals surface area contributed by atoms with E-state index in [1.807, 2.05) is 0 Å². The lowest BCUT2D eigenvalue weighted by Gasteiger charge is -2.08. The molecular formula is C15H13FN2O3S. The molecule has 7 heteroatoms. The van der Waals surface area contributed by atoms with Crippen molar-refractivity contribution in [2.75, 3.05) is 4.72 Å². The highest BCUT2D eigenvalue weighted by Crippen LogP contribution is 2.21. The fourth-order valence-corrected chi connectivity index (χ4v) is 3.31. The van der Waals surface area contributed by atoms with E-state index in [1.165, 1.54) is 24.3 Å². The molecule has 0 amide bonds. The summed E-state index contributed by atoms with van der Waals surface area (Å²) in [5, 5.41) is 0.